The van der Waals surface area contributed by atoms with Gasteiger partial charge in [-0.25, -0.2) is 4.98 Å². The summed E-state index contributed by atoms with van der Waals surface area (Å²) in [6, 6.07) is 8.59. The number of thiophene rings is 1. The number of pyridine rings is 1. The molecule has 4 rings (SSSR count). The van der Waals surface area contributed by atoms with Gasteiger partial charge in [-0.05, 0) is 67.3 Å². The minimum atomic E-state index is -0.799. The molecule has 1 aliphatic carbocycles. The molecule has 1 aliphatic rings. The zero-order valence-corrected chi connectivity index (χ0v) is 16.2. The Morgan fingerprint density at radius 1 is 1.27 bits per heavy atom. The molecule has 26 heavy (non-hydrogen) atoms. The van der Waals surface area contributed by atoms with E-state index in [4.69, 9.17) is 4.98 Å². The number of aliphatic carboxylic acids is 1. The SMILES string of the molecule is CCc1ccc(-c2c(C(C)C(=O)O)c(C)nc3sc4c(c23)CCC4)cc1. The van der Waals surface area contributed by atoms with Crippen LogP contribution < -0.4 is 0 Å². The van der Waals surface area contributed by atoms with Gasteiger partial charge in [0.1, 0.15) is 4.83 Å². The summed E-state index contributed by atoms with van der Waals surface area (Å²) in [6.07, 6.45) is 4.37. The lowest BCUT2D eigenvalue weighted by Crippen LogP contribution is -2.12. The number of carboxylic acids is 1. The molecular weight excluding hydrogens is 342 g/mol. The summed E-state index contributed by atoms with van der Waals surface area (Å²) in [5.41, 5.74) is 6.58. The molecule has 4 heteroatoms. The van der Waals surface area contributed by atoms with Crippen molar-refractivity contribution in [2.45, 2.75) is 52.4 Å². The van der Waals surface area contributed by atoms with Crippen LogP contribution in [0.5, 0.6) is 0 Å². The summed E-state index contributed by atoms with van der Waals surface area (Å²) < 4.78 is 0. The summed E-state index contributed by atoms with van der Waals surface area (Å²) in [4.78, 5) is 19.1. The normalized spacial score (nSPS) is 14.6. The first-order chi connectivity index (χ1) is 12.5. The highest BCUT2D eigenvalue weighted by Gasteiger charge is 2.28. The number of carbonyl (C=O) groups is 1. The van der Waals surface area contributed by atoms with E-state index in [0.717, 1.165) is 46.5 Å². The van der Waals surface area contributed by atoms with Gasteiger partial charge in [-0.2, -0.15) is 0 Å². The molecule has 2 aromatic heterocycles. The van der Waals surface area contributed by atoms with Gasteiger partial charge in [0.25, 0.3) is 0 Å². The smallest absolute Gasteiger partial charge is 0.310 e. The van der Waals surface area contributed by atoms with Crippen LogP contribution in [0, 0.1) is 6.92 Å². The maximum Gasteiger partial charge on any atom is 0.310 e. The largest absolute Gasteiger partial charge is 0.481 e. The molecule has 1 atom stereocenters. The van der Waals surface area contributed by atoms with Crippen molar-refractivity contribution < 1.29 is 9.90 Å². The molecule has 0 aliphatic heterocycles. The molecule has 3 nitrogen and oxygen atoms in total. The average molecular weight is 365 g/mol. The topological polar surface area (TPSA) is 50.2 Å². The van der Waals surface area contributed by atoms with Crippen molar-refractivity contribution in [2.75, 3.05) is 0 Å². The van der Waals surface area contributed by atoms with Crippen molar-refractivity contribution in [3.8, 4) is 11.1 Å². The van der Waals surface area contributed by atoms with Crippen LogP contribution in [0.15, 0.2) is 24.3 Å². The number of nitrogens with zero attached hydrogens (tertiary/aromatic N) is 1. The fourth-order valence-electron chi connectivity index (χ4n) is 4.11. The lowest BCUT2D eigenvalue weighted by molar-refractivity contribution is -0.138. The third-order valence-corrected chi connectivity index (χ3v) is 6.72. The van der Waals surface area contributed by atoms with E-state index in [0.29, 0.717) is 0 Å². The molecule has 0 spiro atoms. The van der Waals surface area contributed by atoms with Gasteiger partial charge in [0.15, 0.2) is 0 Å². The molecular formula is C22H23NO2S. The molecule has 3 aromatic rings. The summed E-state index contributed by atoms with van der Waals surface area (Å²) in [5, 5.41) is 10.9. The van der Waals surface area contributed by atoms with Crippen molar-refractivity contribution in [3.05, 3.63) is 51.5 Å². The van der Waals surface area contributed by atoms with Crippen molar-refractivity contribution in [2.24, 2.45) is 0 Å². The zero-order valence-electron chi connectivity index (χ0n) is 15.4. The molecule has 1 aromatic carbocycles. The van der Waals surface area contributed by atoms with Crippen LogP contribution in [0.4, 0.5) is 0 Å². The highest BCUT2D eigenvalue weighted by molar-refractivity contribution is 7.19. The highest BCUT2D eigenvalue weighted by Crippen LogP contribution is 2.45. The van der Waals surface area contributed by atoms with Crippen molar-refractivity contribution in [3.63, 3.8) is 0 Å². The van der Waals surface area contributed by atoms with Crippen LogP contribution in [0.25, 0.3) is 21.3 Å². The predicted octanol–water partition coefficient (Wildman–Crippen LogP) is 5.51. The van der Waals surface area contributed by atoms with E-state index < -0.39 is 11.9 Å². The molecule has 134 valence electrons. The lowest BCUT2D eigenvalue weighted by Gasteiger charge is -2.18. The second kappa shape index (κ2) is 6.51. The standard InChI is InChI=1S/C22H23NO2S/c1-4-14-8-10-15(11-9-14)19-18(12(2)22(24)25)13(3)23-21-20(19)16-6-5-7-17(16)26-21/h8-12H,4-7H2,1-3H3,(H,24,25). The Morgan fingerprint density at radius 3 is 2.65 bits per heavy atom. The second-order valence-electron chi connectivity index (χ2n) is 7.13. The Balaban J connectivity index is 2.08. The number of rotatable bonds is 4. The molecule has 0 saturated carbocycles. The zero-order chi connectivity index (χ0) is 18.4. The highest BCUT2D eigenvalue weighted by atomic mass is 32.1. The maximum absolute atomic E-state index is 11.8. The maximum atomic E-state index is 11.8. The molecule has 0 bridgehead atoms. The quantitative estimate of drug-likeness (QED) is 0.663. The van der Waals surface area contributed by atoms with Crippen LogP contribution in [-0.2, 0) is 24.1 Å². The Kier molecular flexibility index (Phi) is 4.31. The van der Waals surface area contributed by atoms with E-state index in [1.807, 2.05) is 6.92 Å². The average Bonchev–Trinajstić information content (AvgIpc) is 3.21. The molecule has 0 amide bonds. The summed E-state index contributed by atoms with van der Waals surface area (Å²) in [5.74, 6) is -1.38. The van der Waals surface area contributed by atoms with Crippen LogP contribution in [-0.4, -0.2) is 16.1 Å². The Hall–Kier alpha value is -2.20. The molecule has 1 N–H and O–H groups in total. The van der Waals surface area contributed by atoms with Crippen molar-refractivity contribution >= 4 is 27.5 Å². The number of benzene rings is 1. The van der Waals surface area contributed by atoms with Gasteiger partial charge in [0.05, 0.1) is 5.92 Å². The second-order valence-corrected chi connectivity index (χ2v) is 8.22. The Morgan fingerprint density at radius 2 is 2.00 bits per heavy atom. The van der Waals surface area contributed by atoms with Gasteiger partial charge in [-0.15, -0.1) is 11.3 Å². The monoisotopic (exact) mass is 365 g/mol. The van der Waals surface area contributed by atoms with Gasteiger partial charge in [-0.3, -0.25) is 4.79 Å². The minimum absolute atomic E-state index is 0.579. The van der Waals surface area contributed by atoms with E-state index in [1.54, 1.807) is 18.3 Å². The number of fused-ring (bicyclic) bond motifs is 3. The summed E-state index contributed by atoms with van der Waals surface area (Å²) >= 11 is 1.79. The molecule has 0 fully saturated rings. The first-order valence-corrected chi connectivity index (χ1v) is 10.1. The van der Waals surface area contributed by atoms with Crippen LogP contribution in [0.1, 0.15) is 53.4 Å². The molecule has 0 radical (unpaired) electrons. The minimum Gasteiger partial charge on any atom is -0.481 e. The van der Waals surface area contributed by atoms with Crippen LogP contribution in [0.3, 0.4) is 0 Å². The molecule has 0 saturated heterocycles. The third-order valence-electron chi connectivity index (χ3n) is 5.54. The summed E-state index contributed by atoms with van der Waals surface area (Å²) in [7, 11) is 0. The van der Waals surface area contributed by atoms with E-state index >= 15 is 0 Å². The number of aromatic nitrogens is 1. The van der Waals surface area contributed by atoms with Gasteiger partial charge in [0, 0.05) is 16.0 Å². The fourth-order valence-corrected chi connectivity index (χ4v) is 5.43. The Labute approximate surface area is 157 Å². The van der Waals surface area contributed by atoms with Gasteiger partial charge in [0.2, 0.25) is 0 Å². The van der Waals surface area contributed by atoms with Crippen LogP contribution in [0.2, 0.25) is 0 Å². The van der Waals surface area contributed by atoms with Gasteiger partial charge in [-0.1, -0.05) is 31.2 Å². The predicted molar refractivity (Wildman–Crippen MR) is 107 cm³/mol. The lowest BCUT2D eigenvalue weighted by atomic mass is 9.87. The van der Waals surface area contributed by atoms with Gasteiger partial charge < -0.3 is 5.11 Å². The number of aryl methyl sites for hydroxylation is 4. The Bertz CT molecular complexity index is 1000. The van der Waals surface area contributed by atoms with Crippen molar-refractivity contribution in [1.82, 2.24) is 4.98 Å². The number of hydrogen-bond acceptors (Lipinski definition) is 3. The number of hydrogen-bond donors (Lipinski definition) is 1. The van der Waals surface area contributed by atoms with E-state index in [-0.39, 0.29) is 0 Å². The first kappa shape index (κ1) is 17.2. The van der Waals surface area contributed by atoms with E-state index in [9.17, 15) is 9.90 Å². The van der Waals surface area contributed by atoms with E-state index in [1.165, 1.54) is 27.8 Å². The van der Waals surface area contributed by atoms with Gasteiger partial charge >= 0.3 is 5.97 Å². The van der Waals surface area contributed by atoms with E-state index in [2.05, 4.69) is 31.2 Å². The first-order valence-electron chi connectivity index (χ1n) is 9.28. The summed E-state index contributed by atoms with van der Waals surface area (Å²) in [6.45, 7) is 5.87. The van der Waals surface area contributed by atoms with Crippen molar-refractivity contribution in [1.29, 1.82) is 0 Å². The fraction of sp³-hybridized carbons (Fsp3) is 0.364. The molecule has 2 heterocycles. The number of carboxylic acid groups (broad SMARTS) is 1. The third kappa shape index (κ3) is 2.64. The van der Waals surface area contributed by atoms with Crippen LogP contribution >= 0.6 is 11.3 Å². The molecule has 1 unspecified atom stereocenters.